The third-order valence-corrected chi connectivity index (χ3v) is 2.51. The zero-order valence-electron chi connectivity index (χ0n) is 10.8. The van der Waals surface area contributed by atoms with Crippen LogP contribution < -0.4 is 0 Å². The van der Waals surface area contributed by atoms with E-state index < -0.39 is 11.4 Å². The molecular formula is C13H15NO4. The lowest BCUT2D eigenvalue weighted by Gasteiger charge is -2.14. The highest BCUT2D eigenvalue weighted by molar-refractivity contribution is 5.86. The number of furan rings is 1. The minimum Gasteiger partial charge on any atom is -0.475 e. The molecule has 96 valence electrons. The summed E-state index contributed by atoms with van der Waals surface area (Å²) in [6.07, 6.45) is 1.50. The lowest BCUT2D eigenvalue weighted by Crippen LogP contribution is -2.16. The van der Waals surface area contributed by atoms with Crippen molar-refractivity contribution in [1.29, 1.82) is 0 Å². The Morgan fingerprint density at radius 3 is 2.44 bits per heavy atom. The number of oxazole rings is 1. The van der Waals surface area contributed by atoms with Crippen LogP contribution in [0.4, 0.5) is 0 Å². The van der Waals surface area contributed by atoms with Gasteiger partial charge in [0, 0.05) is 5.41 Å². The fraction of sp³-hybridized carbons (Fsp3) is 0.385. The average molecular weight is 249 g/mol. The smallest absolute Gasteiger partial charge is 0.373 e. The maximum atomic E-state index is 11.2. The van der Waals surface area contributed by atoms with Crippen molar-refractivity contribution in [1.82, 2.24) is 4.98 Å². The Balaban J connectivity index is 2.56. The first-order chi connectivity index (χ1) is 8.29. The lowest BCUT2D eigenvalue weighted by molar-refractivity contribution is 0.0659. The van der Waals surface area contributed by atoms with Gasteiger partial charge in [0.15, 0.2) is 0 Å². The SMILES string of the molecule is Cc1cc(-c2nc(C(C)(C)C)c(C(=O)O)o2)co1. The van der Waals surface area contributed by atoms with Crippen molar-refractivity contribution >= 4 is 5.97 Å². The lowest BCUT2D eigenvalue weighted by atomic mass is 9.91. The fourth-order valence-electron chi connectivity index (χ4n) is 1.65. The third-order valence-electron chi connectivity index (χ3n) is 2.51. The summed E-state index contributed by atoms with van der Waals surface area (Å²) >= 11 is 0. The number of carboxylic acid groups (broad SMARTS) is 1. The van der Waals surface area contributed by atoms with Crippen molar-refractivity contribution in [3.8, 4) is 11.5 Å². The fourth-order valence-corrected chi connectivity index (χ4v) is 1.65. The summed E-state index contributed by atoms with van der Waals surface area (Å²) in [4.78, 5) is 15.4. The molecular weight excluding hydrogens is 234 g/mol. The van der Waals surface area contributed by atoms with Crippen LogP contribution in [0.1, 0.15) is 42.8 Å². The Labute approximate surface area is 104 Å². The molecule has 0 aliphatic heterocycles. The first-order valence-corrected chi connectivity index (χ1v) is 5.59. The van der Waals surface area contributed by atoms with Gasteiger partial charge in [0.25, 0.3) is 0 Å². The minimum atomic E-state index is -1.11. The van der Waals surface area contributed by atoms with Crippen LogP contribution in [-0.4, -0.2) is 16.1 Å². The molecule has 0 saturated carbocycles. The summed E-state index contributed by atoms with van der Waals surface area (Å²) in [7, 11) is 0. The van der Waals surface area contributed by atoms with Gasteiger partial charge in [-0.15, -0.1) is 0 Å². The maximum absolute atomic E-state index is 11.2. The van der Waals surface area contributed by atoms with E-state index in [0.717, 1.165) is 5.76 Å². The van der Waals surface area contributed by atoms with Crippen molar-refractivity contribution in [3.05, 3.63) is 29.5 Å². The summed E-state index contributed by atoms with van der Waals surface area (Å²) < 4.78 is 10.5. The van der Waals surface area contributed by atoms with Crippen LogP contribution in [0.2, 0.25) is 0 Å². The van der Waals surface area contributed by atoms with Gasteiger partial charge in [-0.3, -0.25) is 0 Å². The van der Waals surface area contributed by atoms with Gasteiger partial charge in [0.2, 0.25) is 11.7 Å². The summed E-state index contributed by atoms with van der Waals surface area (Å²) in [6.45, 7) is 7.47. The van der Waals surface area contributed by atoms with Gasteiger partial charge in [-0.2, -0.15) is 0 Å². The Morgan fingerprint density at radius 1 is 1.39 bits per heavy atom. The van der Waals surface area contributed by atoms with E-state index in [-0.39, 0.29) is 11.7 Å². The molecule has 0 radical (unpaired) electrons. The van der Waals surface area contributed by atoms with Gasteiger partial charge in [0.1, 0.15) is 17.7 Å². The molecule has 0 aliphatic rings. The summed E-state index contributed by atoms with van der Waals surface area (Å²) in [6, 6.07) is 1.75. The Hall–Kier alpha value is -2.04. The Morgan fingerprint density at radius 2 is 2.06 bits per heavy atom. The molecule has 0 aromatic carbocycles. The second kappa shape index (κ2) is 4.01. The molecule has 0 bridgehead atoms. The van der Waals surface area contributed by atoms with Crippen LogP contribution in [-0.2, 0) is 5.41 Å². The first-order valence-electron chi connectivity index (χ1n) is 5.59. The normalized spacial score (nSPS) is 11.8. The van der Waals surface area contributed by atoms with Crippen LogP contribution in [0.25, 0.3) is 11.5 Å². The molecule has 1 N–H and O–H groups in total. The van der Waals surface area contributed by atoms with E-state index >= 15 is 0 Å². The number of carbonyl (C=O) groups is 1. The number of aromatic carboxylic acids is 1. The zero-order valence-corrected chi connectivity index (χ0v) is 10.8. The largest absolute Gasteiger partial charge is 0.475 e. The van der Waals surface area contributed by atoms with Gasteiger partial charge in [0.05, 0.1) is 5.56 Å². The number of aromatic nitrogens is 1. The summed E-state index contributed by atoms with van der Waals surface area (Å²) in [5, 5.41) is 9.14. The third kappa shape index (κ3) is 2.16. The Kier molecular flexibility index (Phi) is 2.77. The molecule has 0 aliphatic carbocycles. The highest BCUT2D eigenvalue weighted by Crippen LogP contribution is 2.30. The molecule has 18 heavy (non-hydrogen) atoms. The Bertz CT molecular complexity index is 586. The predicted octanol–water partition coefficient (Wildman–Crippen LogP) is 3.24. The van der Waals surface area contributed by atoms with Gasteiger partial charge in [-0.05, 0) is 13.0 Å². The monoisotopic (exact) mass is 249 g/mol. The number of hydrogen-bond acceptors (Lipinski definition) is 4. The van der Waals surface area contributed by atoms with Crippen LogP contribution in [0.15, 0.2) is 21.2 Å². The van der Waals surface area contributed by atoms with Gasteiger partial charge in [-0.25, -0.2) is 9.78 Å². The number of aryl methyl sites for hydroxylation is 1. The number of nitrogens with zero attached hydrogens (tertiary/aromatic N) is 1. The van der Waals surface area contributed by atoms with Crippen LogP contribution in [0.5, 0.6) is 0 Å². The minimum absolute atomic E-state index is 0.114. The van der Waals surface area contributed by atoms with Crippen LogP contribution >= 0.6 is 0 Å². The highest BCUT2D eigenvalue weighted by atomic mass is 16.4. The van der Waals surface area contributed by atoms with Gasteiger partial charge in [-0.1, -0.05) is 20.8 Å². The van der Waals surface area contributed by atoms with Gasteiger partial charge >= 0.3 is 5.97 Å². The summed E-state index contributed by atoms with van der Waals surface area (Å²) in [5.74, 6) is -0.234. The molecule has 2 aromatic rings. The molecule has 0 saturated heterocycles. The number of hydrogen-bond donors (Lipinski definition) is 1. The average Bonchev–Trinajstić information content (AvgIpc) is 2.81. The molecule has 2 aromatic heterocycles. The van der Waals surface area contributed by atoms with E-state index in [1.807, 2.05) is 20.8 Å². The molecule has 0 unspecified atom stereocenters. The standard InChI is InChI=1S/C13H15NO4/c1-7-5-8(6-17-7)11-14-10(13(2,3)4)9(18-11)12(15)16/h5-6H,1-4H3,(H,15,16). The van der Waals surface area contributed by atoms with E-state index in [2.05, 4.69) is 4.98 Å². The van der Waals surface area contributed by atoms with Crippen LogP contribution in [0.3, 0.4) is 0 Å². The van der Waals surface area contributed by atoms with Crippen molar-refractivity contribution in [2.75, 3.05) is 0 Å². The second-order valence-corrected chi connectivity index (χ2v) is 5.20. The van der Waals surface area contributed by atoms with Crippen molar-refractivity contribution in [2.45, 2.75) is 33.1 Å². The zero-order chi connectivity index (χ0) is 13.5. The maximum Gasteiger partial charge on any atom is 0.373 e. The molecule has 0 atom stereocenters. The van der Waals surface area contributed by atoms with Crippen molar-refractivity contribution in [2.24, 2.45) is 0 Å². The van der Waals surface area contributed by atoms with E-state index in [1.54, 1.807) is 13.0 Å². The molecule has 0 amide bonds. The molecule has 2 heterocycles. The second-order valence-electron chi connectivity index (χ2n) is 5.20. The van der Waals surface area contributed by atoms with E-state index in [1.165, 1.54) is 6.26 Å². The van der Waals surface area contributed by atoms with E-state index in [9.17, 15) is 4.79 Å². The molecule has 0 spiro atoms. The number of carboxylic acids is 1. The summed E-state index contributed by atoms with van der Waals surface area (Å²) in [5.41, 5.74) is 0.684. The topological polar surface area (TPSA) is 76.5 Å². The molecule has 5 nitrogen and oxygen atoms in total. The molecule has 0 fully saturated rings. The van der Waals surface area contributed by atoms with Crippen molar-refractivity contribution < 1.29 is 18.7 Å². The predicted molar refractivity (Wildman–Crippen MR) is 64.6 cm³/mol. The quantitative estimate of drug-likeness (QED) is 0.884. The molecule has 5 heteroatoms. The van der Waals surface area contributed by atoms with E-state index in [0.29, 0.717) is 11.3 Å². The van der Waals surface area contributed by atoms with E-state index in [4.69, 9.17) is 13.9 Å². The van der Waals surface area contributed by atoms with Crippen molar-refractivity contribution in [3.63, 3.8) is 0 Å². The first kappa shape index (κ1) is 12.4. The molecule has 2 rings (SSSR count). The highest BCUT2D eigenvalue weighted by Gasteiger charge is 2.29. The number of rotatable bonds is 2. The van der Waals surface area contributed by atoms with Gasteiger partial charge < -0.3 is 13.9 Å². The van der Waals surface area contributed by atoms with Crippen LogP contribution in [0, 0.1) is 6.92 Å².